The molecule has 1 aliphatic rings. The maximum absolute atomic E-state index is 12.2. The van der Waals surface area contributed by atoms with E-state index in [9.17, 15) is 4.79 Å². The van der Waals surface area contributed by atoms with Crippen LogP contribution in [0.2, 0.25) is 0 Å². The zero-order chi connectivity index (χ0) is 18.5. The third kappa shape index (κ3) is 4.20. The highest BCUT2D eigenvalue weighted by Crippen LogP contribution is 2.24. The number of pyridine rings is 2. The lowest BCUT2D eigenvalue weighted by Gasteiger charge is -2.34. The van der Waals surface area contributed by atoms with Crippen LogP contribution in [0, 0.1) is 0 Å². The van der Waals surface area contributed by atoms with E-state index in [0.29, 0.717) is 12.1 Å². The lowest BCUT2D eigenvalue weighted by atomic mass is 10.1. The van der Waals surface area contributed by atoms with E-state index in [0.717, 1.165) is 26.1 Å². The molecule has 0 fully saturated rings. The molecule has 1 atom stereocenters. The van der Waals surface area contributed by atoms with Crippen LogP contribution >= 0.6 is 0 Å². The van der Waals surface area contributed by atoms with Gasteiger partial charge in [-0.15, -0.1) is 0 Å². The highest BCUT2D eigenvalue weighted by molar-refractivity contribution is 5.93. The van der Waals surface area contributed by atoms with E-state index in [1.54, 1.807) is 30.7 Å². The van der Waals surface area contributed by atoms with Gasteiger partial charge in [0.15, 0.2) is 0 Å². The first kappa shape index (κ1) is 17.4. The van der Waals surface area contributed by atoms with E-state index < -0.39 is 0 Å². The van der Waals surface area contributed by atoms with Gasteiger partial charge in [0.25, 0.3) is 5.91 Å². The van der Waals surface area contributed by atoms with Crippen LogP contribution < -0.4 is 5.32 Å². The smallest absolute Gasteiger partial charge is 0.251 e. The summed E-state index contributed by atoms with van der Waals surface area (Å²) in [4.78, 5) is 22.8. The largest absolute Gasteiger partial charge is 0.352 e. The van der Waals surface area contributed by atoms with Crippen molar-refractivity contribution in [3.63, 3.8) is 0 Å². The number of nitrogens with one attached hydrogen (secondary N) is 1. The Balaban J connectivity index is 1.37. The maximum Gasteiger partial charge on any atom is 0.251 e. The number of hydrogen-bond acceptors (Lipinski definition) is 5. The fourth-order valence-corrected chi connectivity index (χ4v) is 3.51. The molecule has 7 heteroatoms. The van der Waals surface area contributed by atoms with Crippen molar-refractivity contribution in [2.45, 2.75) is 25.6 Å². The van der Waals surface area contributed by atoms with Gasteiger partial charge in [-0.2, -0.15) is 5.10 Å². The summed E-state index contributed by atoms with van der Waals surface area (Å²) in [5.74, 6) is -0.0684. The third-order valence-electron chi connectivity index (χ3n) is 4.79. The Morgan fingerprint density at radius 2 is 2.00 bits per heavy atom. The number of carbonyl (C=O) groups excluding carboxylic acids is 1. The van der Waals surface area contributed by atoms with E-state index in [4.69, 9.17) is 0 Å². The van der Waals surface area contributed by atoms with Crippen LogP contribution in [-0.4, -0.2) is 43.6 Å². The Morgan fingerprint density at radius 1 is 1.11 bits per heavy atom. The molecule has 3 aromatic rings. The summed E-state index contributed by atoms with van der Waals surface area (Å²) in [6.07, 6.45) is 9.64. The standard InChI is InChI=1S/C20H22N6O/c27-20(17-3-8-21-9-4-17)23-10-5-18-14-25(13-16-2-1-7-22-12-16)15-19-6-11-24-26(18)19/h1-4,6-9,11-12,18H,5,10,13-15H2,(H,23,27). The molecule has 0 aliphatic carbocycles. The summed E-state index contributed by atoms with van der Waals surface area (Å²) in [5.41, 5.74) is 3.04. The number of carbonyl (C=O) groups is 1. The molecule has 1 N–H and O–H groups in total. The van der Waals surface area contributed by atoms with Crippen LogP contribution in [0.1, 0.15) is 34.1 Å². The fraction of sp³-hybridized carbons (Fsp3) is 0.300. The number of fused-ring (bicyclic) bond motifs is 1. The first-order chi connectivity index (χ1) is 13.3. The van der Waals surface area contributed by atoms with Gasteiger partial charge in [-0.05, 0) is 36.2 Å². The van der Waals surface area contributed by atoms with Crippen LogP contribution in [0.15, 0.2) is 61.3 Å². The molecule has 27 heavy (non-hydrogen) atoms. The Labute approximate surface area is 158 Å². The van der Waals surface area contributed by atoms with Crippen molar-refractivity contribution in [1.82, 2.24) is 30.0 Å². The lowest BCUT2D eigenvalue weighted by Crippen LogP contribution is -2.39. The average Bonchev–Trinajstić information content (AvgIpc) is 3.18. The zero-order valence-electron chi connectivity index (χ0n) is 15.0. The SMILES string of the molecule is O=C(NCCC1CN(Cc2cccnc2)Cc2ccnn21)c1ccncc1. The predicted octanol–water partition coefficient (Wildman–Crippen LogP) is 2.05. The molecule has 0 spiro atoms. The first-order valence-electron chi connectivity index (χ1n) is 9.11. The molecule has 4 heterocycles. The summed E-state index contributed by atoms with van der Waals surface area (Å²) in [5, 5.41) is 7.49. The molecule has 0 saturated heterocycles. The van der Waals surface area contributed by atoms with Crippen molar-refractivity contribution in [1.29, 1.82) is 0 Å². The van der Waals surface area contributed by atoms with Crippen molar-refractivity contribution in [3.05, 3.63) is 78.1 Å². The molecule has 0 saturated carbocycles. The highest BCUT2D eigenvalue weighted by atomic mass is 16.1. The van der Waals surface area contributed by atoms with Gasteiger partial charge in [-0.3, -0.25) is 24.3 Å². The maximum atomic E-state index is 12.2. The second-order valence-corrected chi connectivity index (χ2v) is 6.73. The van der Waals surface area contributed by atoms with Crippen molar-refractivity contribution in [2.24, 2.45) is 0 Å². The molecule has 1 unspecified atom stereocenters. The average molecular weight is 362 g/mol. The minimum absolute atomic E-state index is 0.0684. The molecule has 138 valence electrons. The summed E-state index contributed by atoms with van der Waals surface area (Å²) in [7, 11) is 0. The summed E-state index contributed by atoms with van der Waals surface area (Å²) >= 11 is 0. The van der Waals surface area contributed by atoms with Gasteiger partial charge in [-0.25, -0.2) is 0 Å². The highest BCUT2D eigenvalue weighted by Gasteiger charge is 2.25. The van der Waals surface area contributed by atoms with E-state index >= 15 is 0 Å². The number of aromatic nitrogens is 4. The van der Waals surface area contributed by atoms with Crippen LogP contribution in [-0.2, 0) is 13.1 Å². The molecule has 0 aromatic carbocycles. The van der Waals surface area contributed by atoms with E-state index in [2.05, 4.69) is 42.1 Å². The zero-order valence-corrected chi connectivity index (χ0v) is 15.0. The molecule has 1 aliphatic heterocycles. The molecule has 1 amide bonds. The Kier molecular flexibility index (Phi) is 5.20. The topological polar surface area (TPSA) is 75.9 Å². The summed E-state index contributed by atoms with van der Waals surface area (Å²) in [6, 6.07) is 9.81. The Hall–Kier alpha value is -3.06. The first-order valence-corrected chi connectivity index (χ1v) is 9.11. The van der Waals surface area contributed by atoms with Crippen molar-refractivity contribution < 1.29 is 4.79 Å². The van der Waals surface area contributed by atoms with E-state index in [-0.39, 0.29) is 11.9 Å². The van der Waals surface area contributed by atoms with Gasteiger partial charge >= 0.3 is 0 Å². The van der Waals surface area contributed by atoms with Crippen LogP contribution in [0.25, 0.3) is 0 Å². The summed E-state index contributed by atoms with van der Waals surface area (Å²) < 4.78 is 2.10. The van der Waals surface area contributed by atoms with Gasteiger partial charge in [-0.1, -0.05) is 6.07 Å². The summed E-state index contributed by atoms with van der Waals surface area (Å²) in [6.45, 7) is 3.23. The molecule has 3 aromatic heterocycles. The number of rotatable bonds is 6. The number of hydrogen-bond donors (Lipinski definition) is 1. The molecular weight excluding hydrogens is 340 g/mol. The van der Waals surface area contributed by atoms with Crippen LogP contribution in [0.4, 0.5) is 0 Å². The van der Waals surface area contributed by atoms with E-state index in [1.807, 2.05) is 18.5 Å². The number of amides is 1. The predicted molar refractivity (Wildman–Crippen MR) is 101 cm³/mol. The van der Waals surface area contributed by atoms with Crippen molar-refractivity contribution in [3.8, 4) is 0 Å². The molecule has 0 radical (unpaired) electrons. The second-order valence-electron chi connectivity index (χ2n) is 6.73. The van der Waals surface area contributed by atoms with Crippen molar-refractivity contribution >= 4 is 5.91 Å². The van der Waals surface area contributed by atoms with Gasteiger partial charge in [0, 0.05) is 62.7 Å². The van der Waals surface area contributed by atoms with Gasteiger partial charge in [0.2, 0.25) is 0 Å². The minimum Gasteiger partial charge on any atom is -0.352 e. The van der Waals surface area contributed by atoms with Crippen LogP contribution in [0.5, 0.6) is 0 Å². The van der Waals surface area contributed by atoms with Gasteiger partial charge < -0.3 is 5.32 Å². The van der Waals surface area contributed by atoms with Crippen LogP contribution in [0.3, 0.4) is 0 Å². The Bertz CT molecular complexity index is 880. The second kappa shape index (κ2) is 8.09. The Morgan fingerprint density at radius 3 is 2.81 bits per heavy atom. The quantitative estimate of drug-likeness (QED) is 0.726. The van der Waals surface area contributed by atoms with Gasteiger partial charge in [0.05, 0.1) is 11.7 Å². The molecular formula is C20H22N6O. The lowest BCUT2D eigenvalue weighted by molar-refractivity contribution is 0.0947. The molecule has 0 bridgehead atoms. The third-order valence-corrected chi connectivity index (χ3v) is 4.79. The fourth-order valence-electron chi connectivity index (χ4n) is 3.51. The monoisotopic (exact) mass is 362 g/mol. The molecule has 7 nitrogen and oxygen atoms in total. The van der Waals surface area contributed by atoms with Gasteiger partial charge in [0.1, 0.15) is 0 Å². The normalized spacial score (nSPS) is 16.7. The van der Waals surface area contributed by atoms with E-state index in [1.165, 1.54) is 11.3 Å². The number of nitrogens with zero attached hydrogens (tertiary/aromatic N) is 5. The molecule has 4 rings (SSSR count). The van der Waals surface area contributed by atoms with Crippen molar-refractivity contribution in [2.75, 3.05) is 13.1 Å². The minimum atomic E-state index is -0.0684.